The largest absolute Gasteiger partial charge is 0.382 e. The minimum atomic E-state index is 0.820. The van der Waals surface area contributed by atoms with Gasteiger partial charge in [-0.3, -0.25) is 4.90 Å². The van der Waals surface area contributed by atoms with E-state index in [-0.39, 0.29) is 0 Å². The molecule has 1 aromatic rings. The first-order valence-electron chi connectivity index (χ1n) is 7.41. The van der Waals surface area contributed by atoms with E-state index >= 15 is 0 Å². The molecule has 0 saturated heterocycles. The molecule has 0 radical (unpaired) electrons. The SMILES string of the molecule is CCOCCCNCCN(CC)Cc1ccccc1. The van der Waals surface area contributed by atoms with E-state index in [4.69, 9.17) is 4.74 Å². The fraction of sp³-hybridized carbons (Fsp3) is 0.625. The summed E-state index contributed by atoms with van der Waals surface area (Å²) < 4.78 is 5.31. The topological polar surface area (TPSA) is 24.5 Å². The molecule has 0 aromatic heterocycles. The number of hydrogen-bond donors (Lipinski definition) is 1. The lowest BCUT2D eigenvalue weighted by atomic mass is 10.2. The zero-order valence-corrected chi connectivity index (χ0v) is 12.4. The molecule has 0 unspecified atom stereocenters. The molecule has 0 aliphatic heterocycles. The fourth-order valence-corrected chi connectivity index (χ4v) is 2.00. The molecule has 0 atom stereocenters. The number of benzene rings is 1. The van der Waals surface area contributed by atoms with E-state index in [1.54, 1.807) is 0 Å². The average molecular weight is 264 g/mol. The van der Waals surface area contributed by atoms with Crippen molar-refractivity contribution in [2.24, 2.45) is 0 Å². The lowest BCUT2D eigenvalue weighted by Gasteiger charge is -2.20. The molecule has 0 spiro atoms. The van der Waals surface area contributed by atoms with Crippen LogP contribution in [0.5, 0.6) is 0 Å². The normalized spacial score (nSPS) is 11.1. The Morgan fingerprint density at radius 3 is 2.58 bits per heavy atom. The van der Waals surface area contributed by atoms with Gasteiger partial charge in [-0.25, -0.2) is 0 Å². The summed E-state index contributed by atoms with van der Waals surface area (Å²) in [7, 11) is 0. The monoisotopic (exact) mass is 264 g/mol. The molecule has 3 nitrogen and oxygen atoms in total. The summed E-state index contributed by atoms with van der Waals surface area (Å²) in [4.78, 5) is 2.46. The molecule has 0 saturated carbocycles. The maximum absolute atomic E-state index is 5.31. The van der Waals surface area contributed by atoms with Crippen LogP contribution in [0.3, 0.4) is 0 Å². The van der Waals surface area contributed by atoms with E-state index in [9.17, 15) is 0 Å². The Morgan fingerprint density at radius 2 is 1.89 bits per heavy atom. The summed E-state index contributed by atoms with van der Waals surface area (Å²) in [5.74, 6) is 0. The van der Waals surface area contributed by atoms with Gasteiger partial charge in [0, 0.05) is 32.8 Å². The highest BCUT2D eigenvalue weighted by Gasteiger charge is 2.02. The van der Waals surface area contributed by atoms with Gasteiger partial charge in [-0.1, -0.05) is 37.3 Å². The lowest BCUT2D eigenvalue weighted by Crippen LogP contribution is -2.32. The maximum Gasteiger partial charge on any atom is 0.0477 e. The van der Waals surface area contributed by atoms with Crippen LogP contribution in [0, 0.1) is 0 Å². The second-order valence-corrected chi connectivity index (χ2v) is 4.65. The minimum absolute atomic E-state index is 0.820. The van der Waals surface area contributed by atoms with Crippen LogP contribution in [0.15, 0.2) is 30.3 Å². The predicted molar refractivity (Wildman–Crippen MR) is 81.4 cm³/mol. The number of ether oxygens (including phenoxy) is 1. The highest BCUT2D eigenvalue weighted by atomic mass is 16.5. The second-order valence-electron chi connectivity index (χ2n) is 4.65. The van der Waals surface area contributed by atoms with Gasteiger partial charge >= 0.3 is 0 Å². The van der Waals surface area contributed by atoms with Crippen molar-refractivity contribution in [3.8, 4) is 0 Å². The van der Waals surface area contributed by atoms with Gasteiger partial charge in [0.05, 0.1) is 0 Å². The Kier molecular flexibility index (Phi) is 9.33. The van der Waals surface area contributed by atoms with Crippen LogP contribution in [0.25, 0.3) is 0 Å². The quantitative estimate of drug-likeness (QED) is 0.622. The van der Waals surface area contributed by atoms with E-state index in [0.29, 0.717) is 0 Å². The summed E-state index contributed by atoms with van der Waals surface area (Å²) >= 11 is 0. The number of rotatable bonds is 11. The fourth-order valence-electron chi connectivity index (χ4n) is 2.00. The van der Waals surface area contributed by atoms with E-state index in [1.165, 1.54) is 5.56 Å². The third-order valence-electron chi connectivity index (χ3n) is 3.15. The molecule has 0 amide bonds. The summed E-state index contributed by atoms with van der Waals surface area (Å²) in [5.41, 5.74) is 1.39. The third-order valence-corrected chi connectivity index (χ3v) is 3.15. The molecule has 0 fully saturated rings. The van der Waals surface area contributed by atoms with Gasteiger partial charge in [0.2, 0.25) is 0 Å². The maximum atomic E-state index is 5.31. The summed E-state index contributed by atoms with van der Waals surface area (Å²) in [5, 5.41) is 3.47. The minimum Gasteiger partial charge on any atom is -0.382 e. The highest BCUT2D eigenvalue weighted by Crippen LogP contribution is 2.03. The Hall–Kier alpha value is -0.900. The predicted octanol–water partition coefficient (Wildman–Crippen LogP) is 2.52. The van der Waals surface area contributed by atoms with E-state index in [1.807, 2.05) is 6.92 Å². The molecule has 1 aromatic carbocycles. The summed E-state index contributed by atoms with van der Waals surface area (Å²) in [6.07, 6.45) is 1.10. The summed E-state index contributed by atoms with van der Waals surface area (Å²) in [6, 6.07) is 10.7. The second kappa shape index (κ2) is 11.0. The Morgan fingerprint density at radius 1 is 1.11 bits per heavy atom. The Balaban J connectivity index is 2.09. The number of likely N-dealkylation sites (N-methyl/N-ethyl adjacent to an activating group) is 1. The molecule has 19 heavy (non-hydrogen) atoms. The molecular weight excluding hydrogens is 236 g/mol. The average Bonchev–Trinajstić information content (AvgIpc) is 2.46. The van der Waals surface area contributed by atoms with Crippen molar-refractivity contribution >= 4 is 0 Å². The van der Waals surface area contributed by atoms with Crippen LogP contribution in [0.1, 0.15) is 25.8 Å². The van der Waals surface area contributed by atoms with Crippen molar-refractivity contribution < 1.29 is 4.74 Å². The molecular formula is C16H28N2O. The van der Waals surface area contributed by atoms with Gasteiger partial charge in [-0.05, 0) is 32.0 Å². The van der Waals surface area contributed by atoms with Crippen molar-refractivity contribution in [2.45, 2.75) is 26.8 Å². The van der Waals surface area contributed by atoms with Crippen LogP contribution in [0.2, 0.25) is 0 Å². The Bertz CT molecular complexity index is 303. The van der Waals surface area contributed by atoms with Crippen LogP contribution in [-0.2, 0) is 11.3 Å². The van der Waals surface area contributed by atoms with Crippen molar-refractivity contribution in [3.63, 3.8) is 0 Å². The van der Waals surface area contributed by atoms with Gasteiger partial charge in [-0.15, -0.1) is 0 Å². The van der Waals surface area contributed by atoms with Crippen molar-refractivity contribution in [2.75, 3.05) is 39.4 Å². The van der Waals surface area contributed by atoms with Crippen LogP contribution < -0.4 is 5.32 Å². The third kappa shape index (κ3) is 7.98. The van der Waals surface area contributed by atoms with Crippen molar-refractivity contribution in [1.29, 1.82) is 0 Å². The molecule has 1 rings (SSSR count). The first-order valence-corrected chi connectivity index (χ1v) is 7.41. The van der Waals surface area contributed by atoms with Crippen molar-refractivity contribution in [3.05, 3.63) is 35.9 Å². The van der Waals surface area contributed by atoms with Crippen LogP contribution in [-0.4, -0.2) is 44.3 Å². The molecule has 0 bridgehead atoms. The van der Waals surface area contributed by atoms with Gasteiger partial charge in [0.25, 0.3) is 0 Å². The molecule has 3 heteroatoms. The van der Waals surface area contributed by atoms with Gasteiger partial charge < -0.3 is 10.1 Å². The smallest absolute Gasteiger partial charge is 0.0477 e. The van der Waals surface area contributed by atoms with E-state index in [2.05, 4.69) is 47.5 Å². The van der Waals surface area contributed by atoms with Crippen molar-refractivity contribution in [1.82, 2.24) is 10.2 Å². The number of nitrogens with zero attached hydrogens (tertiary/aromatic N) is 1. The number of nitrogens with one attached hydrogen (secondary N) is 1. The van der Waals surface area contributed by atoms with E-state index < -0.39 is 0 Å². The summed E-state index contributed by atoms with van der Waals surface area (Å²) in [6.45, 7) is 11.3. The Labute approximate surface area is 118 Å². The highest BCUT2D eigenvalue weighted by molar-refractivity contribution is 5.14. The molecule has 0 aliphatic rings. The lowest BCUT2D eigenvalue weighted by molar-refractivity contribution is 0.144. The molecule has 0 heterocycles. The van der Waals surface area contributed by atoms with Gasteiger partial charge in [0.15, 0.2) is 0 Å². The zero-order valence-electron chi connectivity index (χ0n) is 12.4. The zero-order chi connectivity index (χ0) is 13.8. The molecule has 108 valence electrons. The molecule has 1 N–H and O–H groups in total. The van der Waals surface area contributed by atoms with E-state index in [0.717, 1.165) is 52.4 Å². The van der Waals surface area contributed by atoms with Crippen LogP contribution >= 0.6 is 0 Å². The molecule has 0 aliphatic carbocycles. The van der Waals surface area contributed by atoms with Gasteiger partial charge in [0.1, 0.15) is 0 Å². The number of hydrogen-bond acceptors (Lipinski definition) is 3. The first-order chi connectivity index (χ1) is 9.36. The standard InChI is InChI=1S/C16H28N2O/c1-3-18(15-16-9-6-5-7-10-16)13-12-17-11-8-14-19-4-2/h5-7,9-10,17H,3-4,8,11-15H2,1-2H3. The van der Waals surface area contributed by atoms with Crippen LogP contribution in [0.4, 0.5) is 0 Å². The first kappa shape index (κ1) is 16.2. The van der Waals surface area contributed by atoms with Gasteiger partial charge in [-0.2, -0.15) is 0 Å².